The molecule has 3 nitrogen and oxygen atoms in total. The number of halogens is 2. The molecule has 0 unspecified atom stereocenters. The smallest absolute Gasteiger partial charge is 0.230 e. The number of rotatable bonds is 2. The molecule has 0 saturated carbocycles. The summed E-state index contributed by atoms with van der Waals surface area (Å²) in [6.45, 7) is 0. The molecule has 0 amide bonds. The molecule has 0 aliphatic carbocycles. The highest BCUT2D eigenvalue weighted by molar-refractivity contribution is 6.30. The van der Waals surface area contributed by atoms with Crippen molar-refractivity contribution >= 4 is 17.5 Å². The Morgan fingerprint density at radius 2 is 1.85 bits per heavy atom. The van der Waals surface area contributed by atoms with Crippen LogP contribution in [0.25, 0.3) is 22.4 Å². The van der Waals surface area contributed by atoms with E-state index in [1.807, 2.05) is 30.3 Å². The Morgan fingerprint density at radius 1 is 1.10 bits per heavy atom. The first-order chi connectivity index (χ1) is 9.66. The molecular formula is C15H10ClFN2O. The average molecular weight is 289 g/mol. The Morgan fingerprint density at radius 3 is 2.55 bits per heavy atom. The number of nitrogen functional groups attached to an aromatic ring is 1. The minimum atomic E-state index is -0.469. The minimum absolute atomic E-state index is 0.153. The summed E-state index contributed by atoms with van der Waals surface area (Å²) in [5, 5.41) is 4.19. The van der Waals surface area contributed by atoms with Gasteiger partial charge in [-0.2, -0.15) is 0 Å². The molecule has 0 saturated heterocycles. The summed E-state index contributed by atoms with van der Waals surface area (Å²) in [4.78, 5) is 0. The van der Waals surface area contributed by atoms with Gasteiger partial charge in [0.15, 0.2) is 0 Å². The van der Waals surface area contributed by atoms with Gasteiger partial charge in [0.05, 0.1) is 5.56 Å². The van der Waals surface area contributed by atoms with E-state index in [2.05, 4.69) is 5.16 Å². The molecule has 0 atom stereocenters. The fraction of sp³-hybridized carbons (Fsp3) is 0. The fourth-order valence-corrected chi connectivity index (χ4v) is 2.21. The van der Waals surface area contributed by atoms with E-state index in [0.29, 0.717) is 21.8 Å². The van der Waals surface area contributed by atoms with E-state index in [4.69, 9.17) is 21.9 Å². The number of hydrogen-bond donors (Lipinski definition) is 1. The molecule has 3 aromatic rings. The standard InChI is InChI=1S/C15H10ClFN2O/c16-10-6-7-11(12(17)8-10)14-13(15(18)20-19-14)9-4-2-1-3-5-9/h1-8H,18H2. The maximum Gasteiger partial charge on any atom is 0.230 e. The zero-order valence-electron chi connectivity index (χ0n) is 10.3. The predicted octanol–water partition coefficient (Wildman–Crippen LogP) is 4.38. The van der Waals surface area contributed by atoms with Gasteiger partial charge >= 0.3 is 0 Å². The number of aromatic nitrogens is 1. The van der Waals surface area contributed by atoms with Crippen LogP contribution in [0.5, 0.6) is 0 Å². The fourth-order valence-electron chi connectivity index (χ4n) is 2.05. The molecule has 0 aliphatic heterocycles. The Hall–Kier alpha value is -2.33. The van der Waals surface area contributed by atoms with Crippen molar-refractivity contribution in [3.05, 3.63) is 59.4 Å². The van der Waals surface area contributed by atoms with Crippen molar-refractivity contribution in [3.63, 3.8) is 0 Å². The van der Waals surface area contributed by atoms with Crippen molar-refractivity contribution in [1.29, 1.82) is 0 Å². The zero-order valence-corrected chi connectivity index (χ0v) is 11.1. The van der Waals surface area contributed by atoms with Gasteiger partial charge in [0.1, 0.15) is 11.5 Å². The lowest BCUT2D eigenvalue weighted by atomic mass is 10.0. The van der Waals surface area contributed by atoms with Crippen LogP contribution in [-0.2, 0) is 0 Å². The van der Waals surface area contributed by atoms with Gasteiger partial charge in [0.25, 0.3) is 0 Å². The van der Waals surface area contributed by atoms with Gasteiger partial charge in [0.2, 0.25) is 5.88 Å². The molecule has 3 rings (SSSR count). The molecule has 0 spiro atoms. The van der Waals surface area contributed by atoms with Crippen LogP contribution in [0.2, 0.25) is 5.02 Å². The Balaban J connectivity index is 2.21. The van der Waals surface area contributed by atoms with Gasteiger partial charge in [-0.05, 0) is 23.8 Å². The van der Waals surface area contributed by atoms with Crippen molar-refractivity contribution in [1.82, 2.24) is 5.16 Å². The normalized spacial score (nSPS) is 10.7. The van der Waals surface area contributed by atoms with Gasteiger partial charge in [-0.25, -0.2) is 4.39 Å². The van der Waals surface area contributed by atoms with Gasteiger partial charge in [-0.3, -0.25) is 0 Å². The minimum Gasteiger partial charge on any atom is -0.367 e. The molecule has 2 aromatic carbocycles. The van der Waals surface area contributed by atoms with Gasteiger partial charge in [-0.15, -0.1) is 0 Å². The molecule has 100 valence electrons. The summed E-state index contributed by atoms with van der Waals surface area (Å²) in [6.07, 6.45) is 0. The topological polar surface area (TPSA) is 52.0 Å². The van der Waals surface area contributed by atoms with Crippen LogP contribution in [0.3, 0.4) is 0 Å². The summed E-state index contributed by atoms with van der Waals surface area (Å²) >= 11 is 5.76. The van der Waals surface area contributed by atoms with E-state index in [1.165, 1.54) is 6.07 Å². The summed E-state index contributed by atoms with van der Waals surface area (Å²) < 4.78 is 19.1. The Bertz CT molecular complexity index is 756. The van der Waals surface area contributed by atoms with Gasteiger partial charge < -0.3 is 10.3 Å². The molecule has 5 heteroatoms. The average Bonchev–Trinajstić information content (AvgIpc) is 2.81. The van der Waals surface area contributed by atoms with Crippen molar-refractivity contribution in [3.8, 4) is 22.4 Å². The highest BCUT2D eigenvalue weighted by atomic mass is 35.5. The first kappa shape index (κ1) is 12.7. The third-order valence-corrected chi connectivity index (χ3v) is 3.20. The summed E-state index contributed by atoms with van der Waals surface area (Å²) in [5.74, 6) is -0.316. The highest BCUT2D eigenvalue weighted by Crippen LogP contribution is 2.37. The molecule has 1 heterocycles. The lowest BCUT2D eigenvalue weighted by molar-refractivity contribution is 0.439. The van der Waals surface area contributed by atoms with E-state index in [-0.39, 0.29) is 5.88 Å². The first-order valence-corrected chi connectivity index (χ1v) is 6.30. The zero-order chi connectivity index (χ0) is 14.1. The van der Waals surface area contributed by atoms with Crippen LogP contribution in [0.15, 0.2) is 53.1 Å². The van der Waals surface area contributed by atoms with E-state index in [9.17, 15) is 4.39 Å². The van der Waals surface area contributed by atoms with Crippen molar-refractivity contribution in [2.75, 3.05) is 5.73 Å². The Labute approximate surface area is 119 Å². The lowest BCUT2D eigenvalue weighted by Gasteiger charge is -2.04. The second kappa shape index (κ2) is 4.98. The number of nitrogens with zero attached hydrogens (tertiary/aromatic N) is 1. The van der Waals surface area contributed by atoms with Crippen LogP contribution in [0, 0.1) is 5.82 Å². The summed E-state index contributed by atoms with van der Waals surface area (Å²) in [5.41, 5.74) is 7.87. The van der Waals surface area contributed by atoms with E-state index < -0.39 is 5.82 Å². The molecule has 0 bridgehead atoms. The highest BCUT2D eigenvalue weighted by Gasteiger charge is 2.19. The molecule has 1 aromatic heterocycles. The molecule has 0 radical (unpaired) electrons. The molecule has 2 N–H and O–H groups in total. The van der Waals surface area contributed by atoms with Crippen LogP contribution in [0.4, 0.5) is 10.3 Å². The molecular weight excluding hydrogens is 279 g/mol. The first-order valence-electron chi connectivity index (χ1n) is 5.93. The van der Waals surface area contributed by atoms with Crippen LogP contribution >= 0.6 is 11.6 Å². The van der Waals surface area contributed by atoms with Crippen LogP contribution < -0.4 is 5.73 Å². The maximum absolute atomic E-state index is 14.0. The third kappa shape index (κ3) is 2.14. The van der Waals surface area contributed by atoms with E-state index in [1.54, 1.807) is 12.1 Å². The lowest BCUT2D eigenvalue weighted by Crippen LogP contribution is -1.90. The summed E-state index contributed by atoms with van der Waals surface area (Å²) in [7, 11) is 0. The van der Waals surface area contributed by atoms with Gasteiger partial charge in [0, 0.05) is 10.6 Å². The van der Waals surface area contributed by atoms with Crippen LogP contribution in [0.1, 0.15) is 0 Å². The molecule has 0 fully saturated rings. The van der Waals surface area contributed by atoms with Crippen LogP contribution in [-0.4, -0.2) is 5.16 Å². The predicted molar refractivity (Wildman–Crippen MR) is 76.8 cm³/mol. The van der Waals surface area contributed by atoms with E-state index in [0.717, 1.165) is 5.56 Å². The number of nitrogens with two attached hydrogens (primary N) is 1. The second-order valence-corrected chi connectivity index (χ2v) is 4.70. The number of hydrogen-bond acceptors (Lipinski definition) is 3. The SMILES string of the molecule is Nc1onc(-c2ccc(Cl)cc2F)c1-c1ccccc1. The number of anilines is 1. The Kier molecular flexibility index (Phi) is 3.16. The molecule has 20 heavy (non-hydrogen) atoms. The monoisotopic (exact) mass is 288 g/mol. The van der Waals surface area contributed by atoms with E-state index >= 15 is 0 Å². The maximum atomic E-state index is 14.0. The van der Waals surface area contributed by atoms with Gasteiger partial charge in [-0.1, -0.05) is 47.1 Å². The van der Waals surface area contributed by atoms with Crippen molar-refractivity contribution in [2.24, 2.45) is 0 Å². The quantitative estimate of drug-likeness (QED) is 0.761. The third-order valence-electron chi connectivity index (χ3n) is 2.97. The molecule has 0 aliphatic rings. The summed E-state index contributed by atoms with van der Waals surface area (Å²) in [6, 6.07) is 13.7. The second-order valence-electron chi connectivity index (χ2n) is 4.26. The largest absolute Gasteiger partial charge is 0.367 e. The number of benzene rings is 2. The van der Waals surface area contributed by atoms with Crippen molar-refractivity contribution < 1.29 is 8.91 Å². The van der Waals surface area contributed by atoms with Crippen molar-refractivity contribution in [2.45, 2.75) is 0 Å².